The fourth-order valence-electron chi connectivity index (χ4n) is 7.06. The molecule has 3 N–H and O–H groups in total. The lowest BCUT2D eigenvalue weighted by molar-refractivity contribution is 0.0227. The van der Waals surface area contributed by atoms with Crippen LogP contribution in [0.15, 0.2) is 36.9 Å². The van der Waals surface area contributed by atoms with Crippen molar-refractivity contribution >= 4 is 44.3 Å². The number of likely N-dealkylation sites (N-methyl/N-ethyl adjacent to an activating group) is 1. The number of morpholine rings is 1. The number of ether oxygens (including phenoxy) is 3. The average molecular weight is 783 g/mol. The van der Waals surface area contributed by atoms with E-state index in [9.17, 15) is 18.8 Å². The van der Waals surface area contributed by atoms with Crippen LogP contribution in [0, 0.1) is 0 Å². The molecular weight excluding hydrogens is 733 g/mol. The molecule has 0 bridgehead atoms. The number of imidazole rings is 1. The predicted octanol–water partition coefficient (Wildman–Crippen LogP) is 1.97. The second-order valence-corrected chi connectivity index (χ2v) is 16.2. The highest BCUT2D eigenvalue weighted by Gasteiger charge is 2.27. The highest BCUT2D eigenvalue weighted by molar-refractivity contribution is 7.92. The van der Waals surface area contributed by atoms with E-state index in [1.807, 2.05) is 6.07 Å². The normalized spacial score (nSPS) is 20.1. The largest absolute Gasteiger partial charge is 0.489 e. The van der Waals surface area contributed by atoms with Gasteiger partial charge in [0, 0.05) is 65.0 Å². The Labute approximate surface area is 320 Å². The van der Waals surface area contributed by atoms with Gasteiger partial charge >= 0.3 is 0 Å². The molecule has 0 radical (unpaired) electrons. The van der Waals surface area contributed by atoms with Crippen LogP contribution in [0.3, 0.4) is 0 Å². The molecule has 2 saturated heterocycles. The molecule has 55 heavy (non-hydrogen) atoms. The first-order valence-electron chi connectivity index (χ1n) is 18.6. The molecule has 298 valence electrons. The maximum Gasteiger partial charge on any atom is 0.257 e. The molecule has 3 fully saturated rings. The number of nitrogens with zero attached hydrogens (tertiary/aromatic N) is 11. The van der Waals surface area contributed by atoms with Crippen LogP contribution in [-0.2, 0) is 28.4 Å². The van der Waals surface area contributed by atoms with Crippen molar-refractivity contribution in [2.45, 2.75) is 44.4 Å². The molecule has 1 saturated carbocycles. The topological polar surface area (TPSA) is 200 Å². The molecule has 19 nitrogen and oxygen atoms in total. The quantitative estimate of drug-likeness (QED) is 0.157. The van der Waals surface area contributed by atoms with Crippen LogP contribution in [0.4, 0.5) is 23.4 Å². The molecule has 0 unspecified atom stereocenters. The van der Waals surface area contributed by atoms with Crippen LogP contribution in [0.1, 0.15) is 31.4 Å². The molecule has 0 aromatic carbocycles. The zero-order valence-electron chi connectivity index (χ0n) is 31.5. The lowest BCUT2D eigenvalue weighted by Crippen LogP contribution is -2.45. The van der Waals surface area contributed by atoms with Gasteiger partial charge in [0.1, 0.15) is 18.5 Å². The third kappa shape index (κ3) is 9.62. The monoisotopic (exact) mass is 782 g/mol. The second kappa shape index (κ2) is 17.0. The minimum atomic E-state index is -3.82. The first-order valence-corrected chi connectivity index (χ1v) is 20.4. The summed E-state index contributed by atoms with van der Waals surface area (Å²) in [6, 6.07) is 3.78. The predicted molar refractivity (Wildman–Crippen MR) is 205 cm³/mol. The van der Waals surface area contributed by atoms with Crippen molar-refractivity contribution in [1.29, 1.82) is 0 Å². The Bertz CT molecular complexity index is 2000. The number of hydrogen-bond acceptors (Lipinski definition) is 17. The minimum Gasteiger partial charge on any atom is -0.489 e. The van der Waals surface area contributed by atoms with E-state index >= 15 is 0 Å². The minimum absolute atomic E-state index is 0.116. The van der Waals surface area contributed by atoms with Gasteiger partial charge in [0.05, 0.1) is 73.1 Å². The molecular formula is C35H50N12O7S. The van der Waals surface area contributed by atoms with Crippen molar-refractivity contribution in [3.05, 3.63) is 42.6 Å². The molecule has 3 aliphatic rings. The third-order valence-electron chi connectivity index (χ3n) is 10.4. The van der Waals surface area contributed by atoms with Crippen molar-refractivity contribution in [1.82, 2.24) is 39.3 Å². The number of aromatic nitrogens is 6. The number of nitrogens with one attached hydrogen (secondary N) is 1. The average Bonchev–Trinajstić information content (AvgIpc) is 3.55. The van der Waals surface area contributed by atoms with Gasteiger partial charge in [-0.1, -0.05) is 5.23 Å². The van der Waals surface area contributed by atoms with Crippen molar-refractivity contribution in [3.63, 3.8) is 0 Å². The summed E-state index contributed by atoms with van der Waals surface area (Å²) < 4.78 is 47.0. The summed E-state index contributed by atoms with van der Waals surface area (Å²) in [6.07, 6.45) is 10.5. The summed E-state index contributed by atoms with van der Waals surface area (Å²) in [7, 11) is -0.117. The molecule has 4 aromatic rings. The number of pyridine rings is 2. The van der Waals surface area contributed by atoms with Gasteiger partial charge < -0.3 is 33.9 Å². The Kier molecular flexibility index (Phi) is 12.0. The van der Waals surface area contributed by atoms with Crippen LogP contribution >= 0.6 is 0 Å². The summed E-state index contributed by atoms with van der Waals surface area (Å²) in [5.74, 6) is 2.14. The zero-order valence-corrected chi connectivity index (χ0v) is 32.3. The van der Waals surface area contributed by atoms with E-state index in [4.69, 9.17) is 24.2 Å². The molecule has 0 atom stereocenters. The fourth-order valence-corrected chi connectivity index (χ4v) is 7.91. The molecule has 7 rings (SSSR count). The zero-order chi connectivity index (χ0) is 38.5. The SMILES string of the molecule is CN1CCN(CCOc2cnc(NC3CCC(Oc4nc(N5CCOCC5)cc5ncc(N(Cc6cnc(N(O)O)n6C)S(C)(=O)=O)cc45)CC3)nc2)CC1. The van der Waals surface area contributed by atoms with Crippen molar-refractivity contribution < 1.29 is 33.0 Å². The van der Waals surface area contributed by atoms with E-state index in [-0.39, 0.29) is 29.9 Å². The summed E-state index contributed by atoms with van der Waals surface area (Å²) >= 11 is 0. The molecule has 4 aromatic heterocycles. The van der Waals surface area contributed by atoms with E-state index in [0.717, 1.165) is 64.7 Å². The van der Waals surface area contributed by atoms with Gasteiger partial charge in [0.25, 0.3) is 5.95 Å². The Hall–Kier alpha value is -4.60. The molecule has 1 aliphatic carbocycles. The number of anilines is 4. The van der Waals surface area contributed by atoms with Crippen molar-refractivity contribution in [2.75, 3.05) is 98.7 Å². The van der Waals surface area contributed by atoms with Crippen LogP contribution in [0.2, 0.25) is 0 Å². The maximum atomic E-state index is 13.1. The smallest absolute Gasteiger partial charge is 0.257 e. The Morgan fingerprint density at radius 1 is 0.927 bits per heavy atom. The van der Waals surface area contributed by atoms with Crippen molar-refractivity contribution in [2.24, 2.45) is 7.05 Å². The number of rotatable bonds is 14. The first-order chi connectivity index (χ1) is 26.5. The Balaban J connectivity index is 1.03. The van der Waals surface area contributed by atoms with Gasteiger partial charge in [0.2, 0.25) is 21.9 Å². The van der Waals surface area contributed by atoms with Crippen LogP contribution < -0.4 is 29.2 Å². The van der Waals surface area contributed by atoms with Crippen LogP contribution in [0.25, 0.3) is 10.9 Å². The van der Waals surface area contributed by atoms with Crippen molar-refractivity contribution in [3.8, 4) is 11.6 Å². The van der Waals surface area contributed by atoms with Gasteiger partial charge in [-0.05, 0) is 38.8 Å². The number of sulfonamides is 1. The summed E-state index contributed by atoms with van der Waals surface area (Å²) in [6.45, 7) is 8.11. The van der Waals surface area contributed by atoms with Gasteiger partial charge in [-0.2, -0.15) is 4.98 Å². The molecule has 0 spiro atoms. The number of hydrogen-bond donors (Lipinski definition) is 3. The third-order valence-corrected chi connectivity index (χ3v) is 11.5. The molecule has 20 heteroatoms. The van der Waals surface area contributed by atoms with Gasteiger partial charge in [-0.25, -0.2) is 23.4 Å². The van der Waals surface area contributed by atoms with Crippen LogP contribution in [-0.4, -0.2) is 149 Å². The van der Waals surface area contributed by atoms with E-state index in [1.54, 1.807) is 25.5 Å². The summed E-state index contributed by atoms with van der Waals surface area (Å²) in [5.41, 5.74) is 1.33. The second-order valence-electron chi connectivity index (χ2n) is 14.3. The lowest BCUT2D eigenvalue weighted by atomic mass is 9.93. The highest BCUT2D eigenvalue weighted by atomic mass is 32.2. The maximum absolute atomic E-state index is 13.1. The van der Waals surface area contributed by atoms with E-state index in [0.29, 0.717) is 78.6 Å². The number of piperazine rings is 1. The number of fused-ring (bicyclic) bond motifs is 1. The van der Waals surface area contributed by atoms with Crippen LogP contribution in [0.5, 0.6) is 11.6 Å². The summed E-state index contributed by atoms with van der Waals surface area (Å²) in [4.78, 5) is 29.5. The van der Waals surface area contributed by atoms with E-state index in [2.05, 4.69) is 42.0 Å². The Morgan fingerprint density at radius 3 is 2.33 bits per heavy atom. The fraction of sp³-hybridized carbons (Fsp3) is 0.571. The lowest BCUT2D eigenvalue weighted by Gasteiger charge is -2.32. The standard InChI is InChI=1S/C35H50N12O7S/c1-42-8-10-44(11-9-42)12-17-53-29-22-37-34(38-23-29)40-25-4-6-28(7-5-25)54-33-30-18-26(20-36-31(30)19-32(41-33)45-13-15-52-16-14-45)46(55(3,50)51)24-27-21-39-35(43(27)2)47(48)49/h18-23,25,28,48-49H,4-17,24H2,1-3H3,(H,37,38,40). The van der Waals surface area contributed by atoms with Gasteiger partial charge in [-0.15, -0.1) is 0 Å². The molecule has 6 heterocycles. The summed E-state index contributed by atoms with van der Waals surface area (Å²) in [5, 5.41) is 22.9. The highest BCUT2D eigenvalue weighted by Crippen LogP contribution is 2.34. The van der Waals surface area contributed by atoms with E-state index in [1.165, 1.54) is 21.3 Å². The van der Waals surface area contributed by atoms with Gasteiger partial charge in [0.15, 0.2) is 5.75 Å². The molecule has 2 aliphatic heterocycles. The molecule has 0 amide bonds. The van der Waals surface area contributed by atoms with Gasteiger partial charge in [-0.3, -0.25) is 24.6 Å². The Morgan fingerprint density at radius 2 is 1.65 bits per heavy atom. The first kappa shape index (κ1) is 38.7. The van der Waals surface area contributed by atoms with E-state index < -0.39 is 10.0 Å².